The lowest BCUT2D eigenvalue weighted by Crippen LogP contribution is -2.27. The van der Waals surface area contributed by atoms with Gasteiger partial charge in [0.05, 0.1) is 6.42 Å². The highest BCUT2D eigenvalue weighted by atomic mass is 16.6. The van der Waals surface area contributed by atoms with Gasteiger partial charge in [-0.3, -0.25) is 9.59 Å². The number of nitrogens with one attached hydrogen (secondary N) is 1. The molecule has 0 radical (unpaired) electrons. The first kappa shape index (κ1) is 14.5. The number of aliphatic carboxylic acids is 1. The van der Waals surface area contributed by atoms with Crippen molar-refractivity contribution in [1.82, 2.24) is 5.48 Å². The van der Waals surface area contributed by atoms with Crippen molar-refractivity contribution in [2.75, 3.05) is 6.54 Å². The van der Waals surface area contributed by atoms with Gasteiger partial charge in [-0.1, -0.05) is 13.8 Å². The molecule has 1 unspecified atom stereocenters. The molecule has 2 rings (SSSR count). The molecule has 108 valence electrons. The molecule has 0 fully saturated rings. The average Bonchev–Trinajstić information content (AvgIpc) is 2.43. The van der Waals surface area contributed by atoms with Gasteiger partial charge in [0.15, 0.2) is 5.78 Å². The van der Waals surface area contributed by atoms with Crippen molar-refractivity contribution < 1.29 is 19.5 Å². The van der Waals surface area contributed by atoms with Crippen LogP contribution in [0.2, 0.25) is 0 Å². The van der Waals surface area contributed by atoms with Gasteiger partial charge in [0, 0.05) is 18.0 Å². The van der Waals surface area contributed by atoms with Crippen LogP contribution in [-0.2, 0) is 11.2 Å². The number of hydrogen-bond acceptors (Lipinski definition) is 4. The Morgan fingerprint density at radius 3 is 2.80 bits per heavy atom. The third-order valence-electron chi connectivity index (χ3n) is 3.56. The molecule has 1 atom stereocenters. The molecule has 0 bridgehead atoms. The maximum absolute atomic E-state index is 12.5. The van der Waals surface area contributed by atoms with Crippen LogP contribution in [0.25, 0.3) is 0 Å². The van der Waals surface area contributed by atoms with Crippen LogP contribution in [0, 0.1) is 11.8 Å². The fourth-order valence-corrected chi connectivity index (χ4v) is 2.38. The largest absolute Gasteiger partial charge is 0.481 e. The zero-order valence-corrected chi connectivity index (χ0v) is 11.7. The minimum atomic E-state index is -0.942. The Kier molecular flexibility index (Phi) is 4.39. The summed E-state index contributed by atoms with van der Waals surface area (Å²) < 4.78 is 0. The molecule has 20 heavy (non-hydrogen) atoms. The SMILES string of the molecule is CC(C)C(CC(=O)O)C(=O)c1ccc2c(c1)CCNO2. The van der Waals surface area contributed by atoms with E-state index in [1.54, 1.807) is 12.1 Å². The van der Waals surface area contributed by atoms with Crippen molar-refractivity contribution in [3.05, 3.63) is 29.3 Å². The van der Waals surface area contributed by atoms with E-state index in [9.17, 15) is 9.59 Å². The predicted octanol–water partition coefficient (Wildman–Crippen LogP) is 2.06. The molecule has 1 aliphatic rings. The van der Waals surface area contributed by atoms with Crippen molar-refractivity contribution in [3.8, 4) is 5.75 Å². The lowest BCUT2D eigenvalue weighted by atomic mass is 9.85. The van der Waals surface area contributed by atoms with Crippen LogP contribution in [0.4, 0.5) is 0 Å². The summed E-state index contributed by atoms with van der Waals surface area (Å²) in [4.78, 5) is 28.7. The zero-order chi connectivity index (χ0) is 14.7. The minimum absolute atomic E-state index is 0.00690. The molecule has 5 heteroatoms. The van der Waals surface area contributed by atoms with Crippen molar-refractivity contribution in [3.63, 3.8) is 0 Å². The number of carbonyl (C=O) groups excluding carboxylic acids is 1. The maximum atomic E-state index is 12.5. The number of benzene rings is 1. The topological polar surface area (TPSA) is 75.6 Å². The van der Waals surface area contributed by atoms with E-state index >= 15 is 0 Å². The van der Waals surface area contributed by atoms with E-state index in [0.717, 1.165) is 17.7 Å². The van der Waals surface area contributed by atoms with Crippen LogP contribution >= 0.6 is 0 Å². The minimum Gasteiger partial charge on any atom is -0.481 e. The number of carboxylic acid groups (broad SMARTS) is 1. The van der Waals surface area contributed by atoms with Gasteiger partial charge in [-0.25, -0.2) is 0 Å². The number of hydroxylamine groups is 1. The third-order valence-corrected chi connectivity index (χ3v) is 3.56. The van der Waals surface area contributed by atoms with Crippen molar-refractivity contribution in [2.45, 2.75) is 26.7 Å². The lowest BCUT2D eigenvalue weighted by molar-refractivity contribution is -0.138. The second-order valence-corrected chi connectivity index (χ2v) is 5.38. The van der Waals surface area contributed by atoms with Gasteiger partial charge in [-0.05, 0) is 36.1 Å². The average molecular weight is 277 g/mol. The number of fused-ring (bicyclic) bond motifs is 1. The fraction of sp³-hybridized carbons (Fsp3) is 0.467. The Balaban J connectivity index is 2.24. The van der Waals surface area contributed by atoms with Gasteiger partial charge in [-0.2, -0.15) is 5.48 Å². The molecule has 0 saturated heterocycles. The molecule has 0 aromatic heterocycles. The summed E-state index contributed by atoms with van der Waals surface area (Å²) >= 11 is 0. The van der Waals surface area contributed by atoms with Crippen molar-refractivity contribution in [2.24, 2.45) is 11.8 Å². The van der Waals surface area contributed by atoms with Gasteiger partial charge in [-0.15, -0.1) is 0 Å². The first-order valence-corrected chi connectivity index (χ1v) is 6.77. The smallest absolute Gasteiger partial charge is 0.304 e. The Hall–Kier alpha value is -1.88. The van der Waals surface area contributed by atoms with E-state index in [0.29, 0.717) is 12.1 Å². The highest BCUT2D eigenvalue weighted by Crippen LogP contribution is 2.26. The Labute approximate surface area is 117 Å². The summed E-state index contributed by atoms with van der Waals surface area (Å²) in [6.45, 7) is 4.45. The van der Waals surface area contributed by atoms with Crippen molar-refractivity contribution in [1.29, 1.82) is 0 Å². The number of hydrogen-bond donors (Lipinski definition) is 2. The van der Waals surface area contributed by atoms with Crippen LogP contribution in [0.5, 0.6) is 5.75 Å². The Morgan fingerprint density at radius 1 is 1.40 bits per heavy atom. The summed E-state index contributed by atoms with van der Waals surface area (Å²) in [5.74, 6) is -0.820. The highest BCUT2D eigenvalue weighted by Gasteiger charge is 2.26. The normalized spacial score (nSPS) is 15.3. The monoisotopic (exact) mass is 277 g/mol. The van der Waals surface area contributed by atoms with Crippen LogP contribution in [-0.4, -0.2) is 23.4 Å². The molecule has 0 spiro atoms. The van der Waals surface area contributed by atoms with E-state index in [-0.39, 0.29) is 18.1 Å². The number of carbonyl (C=O) groups is 2. The molecule has 2 N–H and O–H groups in total. The number of ketones is 1. The summed E-state index contributed by atoms with van der Waals surface area (Å²) in [5.41, 5.74) is 4.34. The van der Waals surface area contributed by atoms with E-state index in [4.69, 9.17) is 9.94 Å². The lowest BCUT2D eigenvalue weighted by Gasteiger charge is -2.20. The molecule has 0 amide bonds. The van der Waals surface area contributed by atoms with Crippen LogP contribution in [0.1, 0.15) is 36.2 Å². The highest BCUT2D eigenvalue weighted by molar-refractivity contribution is 5.99. The van der Waals surface area contributed by atoms with Crippen molar-refractivity contribution >= 4 is 11.8 Å². The molecule has 5 nitrogen and oxygen atoms in total. The number of rotatable bonds is 5. The van der Waals surface area contributed by atoms with E-state index in [1.807, 2.05) is 19.9 Å². The summed E-state index contributed by atoms with van der Waals surface area (Å²) in [6.07, 6.45) is 0.660. The predicted molar refractivity (Wildman–Crippen MR) is 73.7 cm³/mol. The van der Waals surface area contributed by atoms with Gasteiger partial charge in [0.1, 0.15) is 5.75 Å². The molecule has 1 aromatic rings. The molecular formula is C15H19NO4. The fourth-order valence-electron chi connectivity index (χ4n) is 2.38. The number of carboxylic acids is 1. The molecule has 1 aliphatic heterocycles. The van der Waals surface area contributed by atoms with Gasteiger partial charge in [0.2, 0.25) is 0 Å². The maximum Gasteiger partial charge on any atom is 0.304 e. The molecule has 1 heterocycles. The Morgan fingerprint density at radius 2 is 2.15 bits per heavy atom. The molecular weight excluding hydrogens is 258 g/mol. The summed E-state index contributed by atoms with van der Waals surface area (Å²) in [7, 11) is 0. The first-order valence-electron chi connectivity index (χ1n) is 6.77. The second kappa shape index (κ2) is 6.05. The standard InChI is InChI=1S/C15H19NO4/c1-9(2)12(8-14(17)18)15(19)11-3-4-13-10(7-11)5-6-16-20-13/h3-4,7,9,12,16H,5-6,8H2,1-2H3,(H,17,18). The molecule has 1 aromatic carbocycles. The third kappa shape index (κ3) is 3.17. The second-order valence-electron chi connectivity index (χ2n) is 5.38. The summed E-state index contributed by atoms with van der Waals surface area (Å²) in [5, 5.41) is 8.94. The zero-order valence-electron chi connectivity index (χ0n) is 11.7. The molecule has 0 saturated carbocycles. The quantitative estimate of drug-likeness (QED) is 0.806. The van der Waals surface area contributed by atoms with Gasteiger partial charge >= 0.3 is 5.97 Å². The van der Waals surface area contributed by atoms with E-state index in [2.05, 4.69) is 5.48 Å². The Bertz CT molecular complexity index is 525. The van der Waals surface area contributed by atoms with Crippen LogP contribution in [0.15, 0.2) is 18.2 Å². The van der Waals surface area contributed by atoms with Gasteiger partial charge < -0.3 is 9.94 Å². The number of Topliss-reactive ketones (excluding diaryl/α,β-unsaturated/α-hetero) is 1. The van der Waals surface area contributed by atoms with Crippen LogP contribution in [0.3, 0.4) is 0 Å². The van der Waals surface area contributed by atoms with Gasteiger partial charge in [0.25, 0.3) is 0 Å². The molecule has 0 aliphatic carbocycles. The first-order chi connectivity index (χ1) is 9.49. The van der Waals surface area contributed by atoms with E-state index in [1.165, 1.54) is 0 Å². The van der Waals surface area contributed by atoms with E-state index < -0.39 is 11.9 Å². The van der Waals surface area contributed by atoms with Crippen LogP contribution < -0.4 is 10.3 Å². The summed E-state index contributed by atoms with van der Waals surface area (Å²) in [6, 6.07) is 5.27.